The van der Waals surface area contributed by atoms with E-state index in [4.69, 9.17) is 0 Å². The second-order valence-corrected chi connectivity index (χ2v) is 8.00. The predicted molar refractivity (Wildman–Crippen MR) is 100 cm³/mol. The van der Waals surface area contributed by atoms with Gasteiger partial charge in [0.1, 0.15) is 0 Å². The minimum absolute atomic E-state index is 0.324. The Morgan fingerprint density at radius 2 is 1.12 bits per heavy atom. The van der Waals surface area contributed by atoms with Gasteiger partial charge in [0, 0.05) is 13.1 Å². The molecule has 3 nitrogen and oxygen atoms in total. The monoisotopic (exact) mass is 351 g/mol. The number of aryl methyl sites for hydroxylation is 1. The van der Waals surface area contributed by atoms with E-state index in [1.54, 1.807) is 12.1 Å². The van der Waals surface area contributed by atoms with Crippen LogP contribution in [0.5, 0.6) is 0 Å². The lowest BCUT2D eigenvalue weighted by molar-refractivity contribution is 0.401. The number of benzene rings is 3. The van der Waals surface area contributed by atoms with E-state index < -0.39 is 10.0 Å². The van der Waals surface area contributed by atoms with Crippen LogP contribution in [0.25, 0.3) is 0 Å². The van der Waals surface area contributed by atoms with Crippen molar-refractivity contribution in [2.24, 2.45) is 0 Å². The Hall–Kier alpha value is -2.43. The Bertz CT molecular complexity index is 864. The third-order valence-electron chi connectivity index (χ3n) is 4.06. The lowest BCUT2D eigenvalue weighted by Crippen LogP contribution is -2.30. The average Bonchev–Trinajstić information content (AvgIpc) is 2.63. The van der Waals surface area contributed by atoms with E-state index >= 15 is 0 Å². The van der Waals surface area contributed by atoms with Crippen molar-refractivity contribution < 1.29 is 8.42 Å². The molecule has 25 heavy (non-hydrogen) atoms. The van der Waals surface area contributed by atoms with Gasteiger partial charge >= 0.3 is 0 Å². The lowest BCUT2D eigenvalue weighted by atomic mass is 10.2. The topological polar surface area (TPSA) is 37.4 Å². The van der Waals surface area contributed by atoms with Crippen molar-refractivity contribution in [3.63, 3.8) is 0 Å². The quantitative estimate of drug-likeness (QED) is 0.661. The number of hydrogen-bond donors (Lipinski definition) is 0. The van der Waals surface area contributed by atoms with Crippen molar-refractivity contribution in [3.8, 4) is 0 Å². The zero-order valence-corrected chi connectivity index (χ0v) is 15.0. The molecule has 0 aromatic heterocycles. The molecule has 3 aromatic carbocycles. The van der Waals surface area contributed by atoms with Crippen LogP contribution in [0.2, 0.25) is 0 Å². The molecule has 0 unspecified atom stereocenters. The summed E-state index contributed by atoms with van der Waals surface area (Å²) in [5, 5.41) is 0. The van der Waals surface area contributed by atoms with Crippen molar-refractivity contribution in [1.82, 2.24) is 4.31 Å². The van der Waals surface area contributed by atoms with Crippen LogP contribution >= 0.6 is 0 Å². The zero-order valence-electron chi connectivity index (χ0n) is 14.2. The van der Waals surface area contributed by atoms with E-state index in [0.717, 1.165) is 16.7 Å². The fraction of sp³-hybridized carbons (Fsp3) is 0.143. The second-order valence-electron chi connectivity index (χ2n) is 6.06. The molecule has 0 bridgehead atoms. The first kappa shape index (κ1) is 17.4. The summed E-state index contributed by atoms with van der Waals surface area (Å²) in [5.74, 6) is 0. The van der Waals surface area contributed by atoms with Gasteiger partial charge in [0.15, 0.2) is 0 Å². The van der Waals surface area contributed by atoms with E-state index in [9.17, 15) is 8.42 Å². The summed E-state index contributed by atoms with van der Waals surface area (Å²) >= 11 is 0. The SMILES string of the molecule is Cc1ccc(S(=O)(=O)N(Cc2ccccc2)Cc2ccccc2)cc1. The third kappa shape index (κ3) is 4.35. The Balaban J connectivity index is 1.95. The van der Waals surface area contributed by atoms with Crippen LogP contribution in [-0.2, 0) is 23.1 Å². The highest BCUT2D eigenvalue weighted by molar-refractivity contribution is 7.89. The molecule has 0 heterocycles. The van der Waals surface area contributed by atoms with Crippen LogP contribution < -0.4 is 0 Å². The highest BCUT2D eigenvalue weighted by atomic mass is 32.2. The molecule has 0 N–H and O–H groups in total. The normalized spacial score (nSPS) is 11.6. The van der Waals surface area contributed by atoms with Gasteiger partial charge in [-0.2, -0.15) is 4.31 Å². The van der Waals surface area contributed by atoms with Gasteiger partial charge < -0.3 is 0 Å². The van der Waals surface area contributed by atoms with Crippen LogP contribution in [-0.4, -0.2) is 12.7 Å². The number of sulfonamides is 1. The average molecular weight is 351 g/mol. The van der Waals surface area contributed by atoms with E-state index in [2.05, 4.69) is 0 Å². The van der Waals surface area contributed by atoms with Crippen LogP contribution in [0.15, 0.2) is 89.8 Å². The van der Waals surface area contributed by atoms with Crippen molar-refractivity contribution >= 4 is 10.0 Å². The maximum atomic E-state index is 13.2. The minimum atomic E-state index is -3.58. The zero-order chi connectivity index (χ0) is 17.7. The molecule has 3 rings (SSSR count). The van der Waals surface area contributed by atoms with Gasteiger partial charge in [-0.25, -0.2) is 8.42 Å². The van der Waals surface area contributed by atoms with Crippen LogP contribution in [0.1, 0.15) is 16.7 Å². The molecular weight excluding hydrogens is 330 g/mol. The first-order chi connectivity index (χ1) is 12.1. The summed E-state index contributed by atoms with van der Waals surface area (Å²) in [4.78, 5) is 0.324. The molecule has 0 atom stereocenters. The van der Waals surface area contributed by atoms with E-state index in [1.165, 1.54) is 4.31 Å². The maximum absolute atomic E-state index is 13.2. The first-order valence-corrected chi connectivity index (χ1v) is 9.64. The molecule has 0 aliphatic heterocycles. The summed E-state index contributed by atoms with van der Waals surface area (Å²) in [7, 11) is -3.58. The van der Waals surface area contributed by atoms with Gasteiger partial charge in [-0.05, 0) is 30.2 Å². The van der Waals surface area contributed by atoms with E-state index in [1.807, 2.05) is 79.7 Å². The van der Waals surface area contributed by atoms with E-state index in [0.29, 0.717) is 18.0 Å². The summed E-state index contributed by atoms with van der Waals surface area (Å²) in [6.45, 7) is 2.62. The Morgan fingerprint density at radius 3 is 1.56 bits per heavy atom. The van der Waals surface area contributed by atoms with Crippen LogP contribution in [0.4, 0.5) is 0 Å². The standard InChI is InChI=1S/C21H21NO2S/c1-18-12-14-21(15-13-18)25(23,24)22(16-19-8-4-2-5-9-19)17-20-10-6-3-7-11-20/h2-15H,16-17H2,1H3. The van der Waals surface area contributed by atoms with Crippen molar-refractivity contribution in [2.45, 2.75) is 24.9 Å². The third-order valence-corrected chi connectivity index (χ3v) is 5.87. The van der Waals surface area contributed by atoms with Crippen molar-refractivity contribution in [3.05, 3.63) is 102 Å². The van der Waals surface area contributed by atoms with Gasteiger partial charge in [0.05, 0.1) is 4.90 Å². The molecule has 0 aliphatic rings. The molecule has 0 radical (unpaired) electrons. The first-order valence-electron chi connectivity index (χ1n) is 8.20. The molecule has 4 heteroatoms. The summed E-state index contributed by atoms with van der Waals surface area (Å²) < 4.78 is 27.9. The largest absolute Gasteiger partial charge is 0.243 e. The fourth-order valence-electron chi connectivity index (χ4n) is 2.66. The molecule has 0 spiro atoms. The minimum Gasteiger partial charge on any atom is -0.207 e. The number of rotatable bonds is 6. The molecule has 0 saturated carbocycles. The van der Waals surface area contributed by atoms with Crippen molar-refractivity contribution in [2.75, 3.05) is 0 Å². The van der Waals surface area contributed by atoms with Crippen molar-refractivity contribution in [1.29, 1.82) is 0 Å². The number of hydrogen-bond acceptors (Lipinski definition) is 2. The van der Waals surface area contributed by atoms with Gasteiger partial charge in [-0.15, -0.1) is 0 Å². The van der Waals surface area contributed by atoms with Crippen LogP contribution in [0, 0.1) is 6.92 Å². The highest BCUT2D eigenvalue weighted by Crippen LogP contribution is 2.21. The van der Waals surface area contributed by atoms with Gasteiger partial charge in [-0.3, -0.25) is 0 Å². The maximum Gasteiger partial charge on any atom is 0.243 e. The molecule has 0 fully saturated rings. The second kappa shape index (κ2) is 7.64. The summed E-state index contributed by atoms with van der Waals surface area (Å²) in [5.41, 5.74) is 2.97. The Kier molecular flexibility index (Phi) is 5.31. The lowest BCUT2D eigenvalue weighted by Gasteiger charge is -2.22. The fourth-order valence-corrected chi connectivity index (χ4v) is 4.08. The van der Waals surface area contributed by atoms with Gasteiger partial charge in [0.25, 0.3) is 0 Å². The predicted octanol–water partition coefficient (Wildman–Crippen LogP) is 4.39. The summed E-state index contributed by atoms with van der Waals surface area (Å²) in [6, 6.07) is 26.4. The summed E-state index contributed by atoms with van der Waals surface area (Å²) in [6.07, 6.45) is 0. The molecule has 128 valence electrons. The van der Waals surface area contributed by atoms with Gasteiger partial charge in [0.2, 0.25) is 10.0 Å². The van der Waals surface area contributed by atoms with Crippen LogP contribution in [0.3, 0.4) is 0 Å². The van der Waals surface area contributed by atoms with Gasteiger partial charge in [-0.1, -0.05) is 78.4 Å². The number of nitrogens with zero attached hydrogens (tertiary/aromatic N) is 1. The smallest absolute Gasteiger partial charge is 0.207 e. The highest BCUT2D eigenvalue weighted by Gasteiger charge is 2.24. The van der Waals surface area contributed by atoms with E-state index in [-0.39, 0.29) is 0 Å². The molecular formula is C21H21NO2S. The Labute approximate surface area is 149 Å². The molecule has 0 amide bonds. The Morgan fingerprint density at radius 1 is 0.680 bits per heavy atom. The molecule has 0 aliphatic carbocycles. The molecule has 0 saturated heterocycles. The molecule has 3 aromatic rings.